The molecule has 0 spiro atoms. The molecule has 0 saturated carbocycles. The molecule has 0 aliphatic rings. The van der Waals surface area contributed by atoms with Crippen LogP contribution in [0.25, 0.3) is 0 Å². The summed E-state index contributed by atoms with van der Waals surface area (Å²) in [6.45, 7) is 4.17. The normalized spacial score (nSPS) is 14.9. The molecule has 1 aromatic rings. The molecule has 0 aliphatic heterocycles. The van der Waals surface area contributed by atoms with Gasteiger partial charge in [-0.3, -0.25) is 0 Å². The second-order valence-electron chi connectivity index (χ2n) is 3.72. The highest BCUT2D eigenvalue weighted by Gasteiger charge is 2.12. The van der Waals surface area contributed by atoms with E-state index in [9.17, 15) is 5.11 Å². The van der Waals surface area contributed by atoms with Crippen LogP contribution in [0.2, 0.25) is 5.02 Å². The average molecular weight is 245 g/mol. The monoisotopic (exact) mass is 244 g/mol. The first-order valence-electron chi connectivity index (χ1n) is 5.20. The summed E-state index contributed by atoms with van der Waals surface area (Å²) >= 11 is 7.53. The maximum Gasteiger partial charge on any atom is 0.0659 e. The van der Waals surface area contributed by atoms with Crippen molar-refractivity contribution in [3.05, 3.63) is 29.3 Å². The Kier molecular flexibility index (Phi) is 5.51. The minimum Gasteiger partial charge on any atom is -0.392 e. The van der Waals surface area contributed by atoms with Crippen molar-refractivity contribution in [2.75, 3.05) is 5.75 Å². The van der Waals surface area contributed by atoms with Gasteiger partial charge in [0.1, 0.15) is 0 Å². The van der Waals surface area contributed by atoms with Crippen LogP contribution >= 0.6 is 23.4 Å². The topological polar surface area (TPSA) is 20.2 Å². The summed E-state index contributed by atoms with van der Waals surface area (Å²) < 4.78 is 0. The van der Waals surface area contributed by atoms with Crippen molar-refractivity contribution in [3.8, 4) is 0 Å². The number of rotatable bonds is 5. The van der Waals surface area contributed by atoms with Crippen molar-refractivity contribution in [3.63, 3.8) is 0 Å². The van der Waals surface area contributed by atoms with Crippen LogP contribution in [0.4, 0.5) is 0 Å². The largest absolute Gasteiger partial charge is 0.392 e. The predicted molar refractivity (Wildman–Crippen MR) is 67.6 cm³/mol. The highest BCUT2D eigenvalue weighted by molar-refractivity contribution is 7.99. The molecule has 2 unspecified atom stereocenters. The van der Waals surface area contributed by atoms with Gasteiger partial charge in [-0.15, -0.1) is 11.8 Å². The van der Waals surface area contributed by atoms with Crippen LogP contribution in [0.5, 0.6) is 0 Å². The Morgan fingerprint density at radius 3 is 2.80 bits per heavy atom. The Morgan fingerprint density at radius 1 is 1.47 bits per heavy atom. The maximum atomic E-state index is 9.79. The van der Waals surface area contributed by atoms with Crippen molar-refractivity contribution in [2.24, 2.45) is 5.92 Å². The van der Waals surface area contributed by atoms with Crippen molar-refractivity contribution in [1.29, 1.82) is 0 Å². The molecule has 0 bridgehead atoms. The number of halogens is 1. The van der Waals surface area contributed by atoms with Gasteiger partial charge in [0.05, 0.1) is 6.10 Å². The van der Waals surface area contributed by atoms with E-state index in [2.05, 4.69) is 13.8 Å². The zero-order valence-electron chi connectivity index (χ0n) is 9.11. The molecule has 0 aliphatic carbocycles. The van der Waals surface area contributed by atoms with Gasteiger partial charge in [-0.2, -0.15) is 0 Å². The lowest BCUT2D eigenvalue weighted by Crippen LogP contribution is -2.19. The first-order valence-corrected chi connectivity index (χ1v) is 6.56. The summed E-state index contributed by atoms with van der Waals surface area (Å²) in [7, 11) is 0. The zero-order valence-corrected chi connectivity index (χ0v) is 10.7. The van der Waals surface area contributed by atoms with E-state index in [1.54, 1.807) is 11.8 Å². The number of thioether (sulfide) groups is 1. The third kappa shape index (κ3) is 4.45. The number of hydrogen-bond donors (Lipinski definition) is 1. The van der Waals surface area contributed by atoms with Gasteiger partial charge in [0.2, 0.25) is 0 Å². The second kappa shape index (κ2) is 6.41. The van der Waals surface area contributed by atoms with Crippen molar-refractivity contribution >= 4 is 23.4 Å². The van der Waals surface area contributed by atoms with Gasteiger partial charge in [-0.25, -0.2) is 0 Å². The number of hydrogen-bond acceptors (Lipinski definition) is 2. The van der Waals surface area contributed by atoms with Crippen LogP contribution in [-0.4, -0.2) is 17.0 Å². The van der Waals surface area contributed by atoms with Crippen molar-refractivity contribution < 1.29 is 5.11 Å². The molecule has 1 rings (SSSR count). The van der Waals surface area contributed by atoms with Crippen LogP contribution < -0.4 is 0 Å². The molecule has 2 atom stereocenters. The molecule has 0 fully saturated rings. The highest BCUT2D eigenvalue weighted by atomic mass is 35.5. The van der Waals surface area contributed by atoms with E-state index < -0.39 is 0 Å². The van der Waals surface area contributed by atoms with Crippen LogP contribution in [0.1, 0.15) is 20.3 Å². The molecule has 84 valence electrons. The fourth-order valence-electron chi connectivity index (χ4n) is 1.17. The van der Waals surface area contributed by atoms with Gasteiger partial charge in [0.15, 0.2) is 0 Å². The molecular formula is C12H17ClOS. The lowest BCUT2D eigenvalue weighted by Gasteiger charge is -2.16. The Labute approximate surface area is 101 Å². The average Bonchev–Trinajstić information content (AvgIpc) is 2.25. The van der Waals surface area contributed by atoms with E-state index in [0.29, 0.717) is 5.92 Å². The first-order chi connectivity index (χ1) is 7.13. The summed E-state index contributed by atoms with van der Waals surface area (Å²) in [6.07, 6.45) is 0.774. The highest BCUT2D eigenvalue weighted by Crippen LogP contribution is 2.24. The van der Waals surface area contributed by atoms with Gasteiger partial charge in [0.25, 0.3) is 0 Å². The minimum absolute atomic E-state index is 0.237. The van der Waals surface area contributed by atoms with Gasteiger partial charge < -0.3 is 5.11 Å². The van der Waals surface area contributed by atoms with Crippen LogP contribution in [0, 0.1) is 5.92 Å². The Morgan fingerprint density at radius 2 is 2.20 bits per heavy atom. The van der Waals surface area contributed by atoms with Gasteiger partial charge in [-0.1, -0.05) is 37.9 Å². The van der Waals surface area contributed by atoms with E-state index >= 15 is 0 Å². The summed E-state index contributed by atoms with van der Waals surface area (Å²) in [4.78, 5) is 1.12. The Bertz CT molecular complexity index is 303. The molecule has 3 heteroatoms. The first kappa shape index (κ1) is 12.9. The summed E-state index contributed by atoms with van der Waals surface area (Å²) in [5.41, 5.74) is 0. The van der Waals surface area contributed by atoms with E-state index in [4.69, 9.17) is 11.6 Å². The summed E-state index contributed by atoms with van der Waals surface area (Å²) in [5, 5.41) is 10.5. The quantitative estimate of drug-likeness (QED) is 0.795. The lowest BCUT2D eigenvalue weighted by atomic mass is 10.0. The van der Waals surface area contributed by atoms with Gasteiger partial charge in [-0.05, 0) is 24.1 Å². The summed E-state index contributed by atoms with van der Waals surface area (Å²) in [5.74, 6) is 1.09. The smallest absolute Gasteiger partial charge is 0.0659 e. The van der Waals surface area contributed by atoms with E-state index in [1.807, 2.05) is 24.3 Å². The Hall–Kier alpha value is -0.180. The zero-order chi connectivity index (χ0) is 11.3. The predicted octanol–water partition coefficient (Wildman–Crippen LogP) is 3.84. The third-order valence-corrected chi connectivity index (χ3v) is 3.85. The standard InChI is InChI=1S/C12H17ClOS/c1-3-9(2)12(14)8-15-11-6-4-5-10(13)7-11/h4-7,9,12,14H,3,8H2,1-2H3. The molecule has 0 radical (unpaired) electrons. The molecule has 1 nitrogen and oxygen atoms in total. The third-order valence-electron chi connectivity index (χ3n) is 2.52. The molecular weight excluding hydrogens is 228 g/mol. The molecule has 0 amide bonds. The van der Waals surface area contributed by atoms with Gasteiger partial charge >= 0.3 is 0 Å². The SMILES string of the molecule is CCC(C)C(O)CSc1cccc(Cl)c1. The van der Waals surface area contributed by atoms with Crippen LogP contribution in [-0.2, 0) is 0 Å². The molecule has 15 heavy (non-hydrogen) atoms. The fourth-order valence-corrected chi connectivity index (χ4v) is 2.51. The molecule has 1 N–H and O–H groups in total. The Balaban J connectivity index is 2.43. The fraction of sp³-hybridized carbons (Fsp3) is 0.500. The van der Waals surface area contributed by atoms with E-state index in [0.717, 1.165) is 22.1 Å². The maximum absolute atomic E-state index is 9.79. The van der Waals surface area contributed by atoms with Crippen LogP contribution in [0.15, 0.2) is 29.2 Å². The molecule has 0 saturated heterocycles. The van der Waals surface area contributed by atoms with E-state index in [-0.39, 0.29) is 6.10 Å². The number of aliphatic hydroxyl groups excluding tert-OH is 1. The number of aliphatic hydroxyl groups is 1. The van der Waals surface area contributed by atoms with Crippen LogP contribution in [0.3, 0.4) is 0 Å². The van der Waals surface area contributed by atoms with Crippen molar-refractivity contribution in [2.45, 2.75) is 31.3 Å². The van der Waals surface area contributed by atoms with E-state index in [1.165, 1.54) is 0 Å². The molecule has 1 aromatic carbocycles. The summed E-state index contributed by atoms with van der Waals surface area (Å²) in [6, 6.07) is 7.73. The minimum atomic E-state index is -0.237. The molecule has 0 aromatic heterocycles. The van der Waals surface area contributed by atoms with Gasteiger partial charge in [0, 0.05) is 15.7 Å². The second-order valence-corrected chi connectivity index (χ2v) is 5.25. The molecule has 0 heterocycles. The number of benzene rings is 1. The lowest BCUT2D eigenvalue weighted by molar-refractivity contribution is 0.137. The van der Waals surface area contributed by atoms with Crippen molar-refractivity contribution in [1.82, 2.24) is 0 Å².